The van der Waals surface area contributed by atoms with E-state index >= 15 is 0 Å². The van der Waals surface area contributed by atoms with E-state index in [-0.39, 0.29) is 18.5 Å². The van der Waals surface area contributed by atoms with Crippen LogP contribution in [0.4, 0.5) is 0 Å². The molecular weight excluding hydrogens is 344 g/mol. The molecule has 0 radical (unpaired) electrons. The molecule has 1 aromatic rings. The van der Waals surface area contributed by atoms with E-state index in [9.17, 15) is 9.59 Å². The molecule has 1 aliphatic carbocycles. The number of fused-ring (bicyclic) bond motifs is 1. The molecule has 27 heavy (non-hydrogen) atoms. The van der Waals surface area contributed by atoms with Gasteiger partial charge in [-0.1, -0.05) is 24.6 Å². The van der Waals surface area contributed by atoms with E-state index in [4.69, 9.17) is 9.84 Å². The average Bonchev–Trinajstić information content (AvgIpc) is 2.69. The SMILES string of the molecule is O=C1OC2(CCCCC2)[C@H](C(=O)N2CCN(CCO)CC2)c2ccccc21. The highest BCUT2D eigenvalue weighted by Gasteiger charge is 2.53. The highest BCUT2D eigenvalue weighted by molar-refractivity contribution is 5.98. The number of carbonyl (C=O) groups excluding carboxylic acids is 2. The van der Waals surface area contributed by atoms with Crippen molar-refractivity contribution in [1.29, 1.82) is 0 Å². The van der Waals surface area contributed by atoms with Crippen LogP contribution in [0.5, 0.6) is 0 Å². The molecule has 6 heteroatoms. The number of amides is 1. The van der Waals surface area contributed by atoms with Crippen LogP contribution in [0.1, 0.15) is 53.9 Å². The Kier molecular flexibility index (Phi) is 5.19. The third-order valence-electron chi connectivity index (χ3n) is 6.36. The smallest absolute Gasteiger partial charge is 0.339 e. The van der Waals surface area contributed by atoms with Gasteiger partial charge in [0.25, 0.3) is 0 Å². The molecule has 2 fully saturated rings. The maximum Gasteiger partial charge on any atom is 0.339 e. The number of aliphatic hydroxyl groups excluding tert-OH is 1. The van der Waals surface area contributed by atoms with Crippen LogP contribution in [0.15, 0.2) is 24.3 Å². The van der Waals surface area contributed by atoms with Crippen LogP contribution in [0, 0.1) is 0 Å². The summed E-state index contributed by atoms with van der Waals surface area (Å²) in [7, 11) is 0. The van der Waals surface area contributed by atoms with Gasteiger partial charge in [-0.15, -0.1) is 0 Å². The van der Waals surface area contributed by atoms with Crippen molar-refractivity contribution >= 4 is 11.9 Å². The van der Waals surface area contributed by atoms with E-state index in [2.05, 4.69) is 4.90 Å². The summed E-state index contributed by atoms with van der Waals surface area (Å²) in [5.41, 5.74) is 0.674. The second-order valence-electron chi connectivity index (χ2n) is 7.93. The quantitative estimate of drug-likeness (QED) is 0.819. The summed E-state index contributed by atoms with van der Waals surface area (Å²) < 4.78 is 6.00. The Morgan fingerprint density at radius 2 is 1.81 bits per heavy atom. The molecule has 6 nitrogen and oxygen atoms in total. The summed E-state index contributed by atoms with van der Waals surface area (Å²) >= 11 is 0. The second kappa shape index (κ2) is 7.60. The average molecular weight is 372 g/mol. The first-order valence-electron chi connectivity index (χ1n) is 10.1. The zero-order valence-corrected chi connectivity index (χ0v) is 15.7. The van der Waals surface area contributed by atoms with E-state index < -0.39 is 11.5 Å². The van der Waals surface area contributed by atoms with Crippen molar-refractivity contribution in [2.24, 2.45) is 0 Å². The molecule has 2 aliphatic heterocycles. The Bertz CT molecular complexity index is 706. The fourth-order valence-electron chi connectivity index (χ4n) is 4.93. The molecule has 1 saturated carbocycles. The number of aliphatic hydroxyl groups is 1. The number of esters is 1. The van der Waals surface area contributed by atoms with Gasteiger partial charge in [0, 0.05) is 32.7 Å². The van der Waals surface area contributed by atoms with Crippen molar-refractivity contribution < 1.29 is 19.4 Å². The van der Waals surface area contributed by atoms with Gasteiger partial charge in [-0.05, 0) is 37.3 Å². The van der Waals surface area contributed by atoms with Gasteiger partial charge in [0.2, 0.25) is 5.91 Å². The van der Waals surface area contributed by atoms with Gasteiger partial charge in [-0.3, -0.25) is 9.69 Å². The molecular formula is C21H28N2O4. The summed E-state index contributed by atoms with van der Waals surface area (Å²) in [6.07, 6.45) is 4.62. The number of rotatable bonds is 3. The molecule has 0 bridgehead atoms. The topological polar surface area (TPSA) is 70.1 Å². The van der Waals surface area contributed by atoms with Crippen LogP contribution >= 0.6 is 0 Å². The predicted octanol–water partition coefficient (Wildman–Crippen LogP) is 1.78. The lowest BCUT2D eigenvalue weighted by Gasteiger charge is -2.47. The van der Waals surface area contributed by atoms with E-state index in [0.29, 0.717) is 25.2 Å². The second-order valence-corrected chi connectivity index (χ2v) is 7.93. The number of piperazine rings is 1. The summed E-state index contributed by atoms with van der Waals surface area (Å²) in [5, 5.41) is 9.13. The molecule has 1 amide bonds. The molecule has 1 aromatic carbocycles. The Balaban J connectivity index is 1.64. The minimum atomic E-state index is -0.691. The normalized spacial score (nSPS) is 25.1. The number of hydrogen-bond acceptors (Lipinski definition) is 5. The number of benzene rings is 1. The van der Waals surface area contributed by atoms with Crippen LogP contribution in [0.2, 0.25) is 0 Å². The van der Waals surface area contributed by atoms with Gasteiger partial charge >= 0.3 is 5.97 Å². The molecule has 0 aromatic heterocycles. The molecule has 1 spiro atoms. The first-order valence-corrected chi connectivity index (χ1v) is 10.1. The molecule has 146 valence electrons. The van der Waals surface area contributed by atoms with Gasteiger partial charge < -0.3 is 14.7 Å². The minimum Gasteiger partial charge on any atom is -0.454 e. The standard InChI is InChI=1S/C21H28N2O4/c24-15-14-22-10-12-23(13-11-22)19(25)18-16-6-2-3-7-17(16)20(26)27-21(18)8-4-1-5-9-21/h2-3,6-7,18,24H,1,4-5,8-15H2/t18-/m0/s1. The Labute approximate surface area is 160 Å². The highest BCUT2D eigenvalue weighted by atomic mass is 16.6. The number of carbonyl (C=O) groups is 2. The number of hydrogen-bond donors (Lipinski definition) is 1. The lowest BCUT2D eigenvalue weighted by atomic mass is 9.69. The molecule has 1 N–H and O–H groups in total. The lowest BCUT2D eigenvalue weighted by Crippen LogP contribution is -2.56. The van der Waals surface area contributed by atoms with Crippen LogP contribution in [0.3, 0.4) is 0 Å². The van der Waals surface area contributed by atoms with Crippen molar-refractivity contribution in [3.63, 3.8) is 0 Å². The third kappa shape index (κ3) is 3.36. The molecule has 0 unspecified atom stereocenters. The highest BCUT2D eigenvalue weighted by Crippen LogP contribution is 2.48. The fraction of sp³-hybridized carbons (Fsp3) is 0.619. The summed E-state index contributed by atoms with van der Waals surface area (Å²) in [6, 6.07) is 7.44. The zero-order chi connectivity index (χ0) is 18.9. The number of nitrogens with zero attached hydrogens (tertiary/aromatic N) is 2. The molecule has 3 aliphatic rings. The zero-order valence-electron chi connectivity index (χ0n) is 15.7. The van der Waals surface area contributed by atoms with Gasteiger partial charge in [0.15, 0.2) is 0 Å². The Morgan fingerprint density at radius 3 is 2.52 bits per heavy atom. The van der Waals surface area contributed by atoms with Gasteiger partial charge in [-0.25, -0.2) is 4.79 Å². The fourth-order valence-corrected chi connectivity index (χ4v) is 4.93. The third-order valence-corrected chi connectivity index (χ3v) is 6.36. The maximum absolute atomic E-state index is 13.6. The molecule has 1 saturated heterocycles. The molecule has 2 heterocycles. The largest absolute Gasteiger partial charge is 0.454 e. The summed E-state index contributed by atoms with van der Waals surface area (Å²) in [5.74, 6) is -0.610. The number of β-amino-alcohol motifs (C(OH)–C–C–N with tert-alkyl or cyclic N) is 1. The van der Waals surface area contributed by atoms with E-state index in [1.807, 2.05) is 23.1 Å². The van der Waals surface area contributed by atoms with Crippen LogP contribution in [-0.4, -0.2) is 71.7 Å². The van der Waals surface area contributed by atoms with Gasteiger partial charge in [0.1, 0.15) is 11.5 Å². The Hall–Kier alpha value is -1.92. The summed E-state index contributed by atoms with van der Waals surface area (Å²) in [6.45, 7) is 3.64. The van der Waals surface area contributed by atoms with E-state index in [0.717, 1.165) is 50.8 Å². The number of ether oxygens (including phenoxy) is 1. The molecule has 4 rings (SSSR count). The molecule has 1 atom stereocenters. The van der Waals surface area contributed by atoms with Crippen molar-refractivity contribution in [3.05, 3.63) is 35.4 Å². The lowest BCUT2D eigenvalue weighted by molar-refractivity contribution is -0.145. The van der Waals surface area contributed by atoms with Gasteiger partial charge in [0.05, 0.1) is 12.2 Å². The van der Waals surface area contributed by atoms with Gasteiger partial charge in [-0.2, -0.15) is 0 Å². The predicted molar refractivity (Wildman–Crippen MR) is 101 cm³/mol. The summed E-state index contributed by atoms with van der Waals surface area (Å²) in [4.78, 5) is 30.4. The first-order chi connectivity index (χ1) is 13.1. The van der Waals surface area contributed by atoms with Crippen LogP contribution in [0.25, 0.3) is 0 Å². The minimum absolute atomic E-state index is 0.0838. The van der Waals surface area contributed by atoms with E-state index in [1.54, 1.807) is 6.07 Å². The first kappa shape index (κ1) is 18.4. The van der Waals surface area contributed by atoms with Crippen LogP contribution < -0.4 is 0 Å². The maximum atomic E-state index is 13.6. The van der Waals surface area contributed by atoms with Crippen LogP contribution in [-0.2, 0) is 9.53 Å². The Morgan fingerprint density at radius 1 is 1.11 bits per heavy atom. The van der Waals surface area contributed by atoms with Crippen molar-refractivity contribution in [2.75, 3.05) is 39.3 Å². The van der Waals surface area contributed by atoms with E-state index in [1.165, 1.54) is 0 Å². The van der Waals surface area contributed by atoms with Crippen molar-refractivity contribution in [2.45, 2.75) is 43.6 Å². The van der Waals surface area contributed by atoms with Crippen molar-refractivity contribution in [1.82, 2.24) is 9.80 Å². The monoisotopic (exact) mass is 372 g/mol. The van der Waals surface area contributed by atoms with Crippen molar-refractivity contribution in [3.8, 4) is 0 Å².